The molecule has 0 saturated carbocycles. The minimum absolute atomic E-state index is 0.0100. The summed E-state index contributed by atoms with van der Waals surface area (Å²) in [6, 6.07) is 9.75. The lowest BCUT2D eigenvalue weighted by molar-refractivity contribution is 0.0989. The minimum atomic E-state index is -0.583. The topological polar surface area (TPSA) is 46.3 Å². The molecule has 0 aliphatic carbocycles. The maximum atomic E-state index is 14.0. The van der Waals surface area contributed by atoms with Crippen LogP contribution in [-0.2, 0) is 0 Å². The number of carbonyl (C=O) groups is 1. The van der Waals surface area contributed by atoms with Crippen LogP contribution in [0.25, 0.3) is 0 Å². The average molecular weight is 402 g/mol. The fourth-order valence-electron chi connectivity index (χ4n) is 1.79. The maximum Gasteiger partial charge on any atom is 0.261 e. The first-order valence-electron chi connectivity index (χ1n) is 5.69. The van der Waals surface area contributed by atoms with Gasteiger partial charge in [0.1, 0.15) is 5.82 Å². The fraction of sp³-hybridized carbons (Fsp3) is 0.0714. The molecule has 2 N–H and O–H groups in total. The highest BCUT2D eigenvalue weighted by Crippen LogP contribution is 2.28. The molecule has 2 rings (SSSR count). The Kier molecular flexibility index (Phi) is 4.45. The van der Waals surface area contributed by atoms with E-state index in [1.54, 1.807) is 37.4 Å². The smallest absolute Gasteiger partial charge is 0.261 e. The Labute approximate surface area is 132 Å². The molecule has 0 radical (unpaired) electrons. The number of amides is 1. The summed E-state index contributed by atoms with van der Waals surface area (Å²) >= 11 is 6.37. The van der Waals surface area contributed by atoms with Crippen molar-refractivity contribution in [1.29, 1.82) is 0 Å². The van der Waals surface area contributed by atoms with Gasteiger partial charge >= 0.3 is 0 Å². The van der Waals surface area contributed by atoms with Crippen LogP contribution in [0.3, 0.4) is 0 Å². The molecule has 0 aliphatic rings. The summed E-state index contributed by atoms with van der Waals surface area (Å²) in [5, 5.41) is 0. The van der Waals surface area contributed by atoms with E-state index in [0.29, 0.717) is 11.4 Å². The third kappa shape index (κ3) is 2.86. The second-order valence-electron chi connectivity index (χ2n) is 4.17. The van der Waals surface area contributed by atoms with E-state index >= 15 is 0 Å². The maximum absolute atomic E-state index is 14.0. The number of hydrogen-bond donors (Lipinski definition) is 1. The van der Waals surface area contributed by atoms with Crippen LogP contribution in [0.4, 0.5) is 15.8 Å². The van der Waals surface area contributed by atoms with Gasteiger partial charge in [-0.1, -0.05) is 22.0 Å². The molecule has 6 heteroatoms. The van der Waals surface area contributed by atoms with Gasteiger partial charge in [-0.3, -0.25) is 4.79 Å². The van der Waals surface area contributed by atoms with E-state index in [1.807, 2.05) is 0 Å². The van der Waals surface area contributed by atoms with Crippen LogP contribution in [0, 0.1) is 5.82 Å². The van der Waals surface area contributed by atoms with Crippen LogP contribution >= 0.6 is 31.9 Å². The van der Waals surface area contributed by atoms with Crippen molar-refractivity contribution in [3.63, 3.8) is 0 Å². The largest absolute Gasteiger partial charge is 0.397 e. The molecule has 2 aromatic rings. The summed E-state index contributed by atoms with van der Waals surface area (Å²) in [6.45, 7) is 0. The molecular weight excluding hydrogens is 391 g/mol. The molecular formula is C14H11Br2FN2O. The molecule has 3 nitrogen and oxygen atoms in total. The number of halogens is 3. The quantitative estimate of drug-likeness (QED) is 0.766. The normalized spacial score (nSPS) is 10.4. The summed E-state index contributed by atoms with van der Waals surface area (Å²) in [7, 11) is 1.56. The molecule has 0 spiro atoms. The van der Waals surface area contributed by atoms with Crippen LogP contribution in [-0.4, -0.2) is 13.0 Å². The molecule has 0 heterocycles. The molecule has 0 unspecified atom stereocenters. The first-order valence-corrected chi connectivity index (χ1v) is 7.27. The molecule has 2 aromatic carbocycles. The Morgan fingerprint density at radius 2 is 1.95 bits per heavy atom. The van der Waals surface area contributed by atoms with Gasteiger partial charge in [-0.2, -0.15) is 0 Å². The number of hydrogen-bond acceptors (Lipinski definition) is 2. The highest BCUT2D eigenvalue weighted by molar-refractivity contribution is 9.10. The third-order valence-corrected chi connectivity index (χ3v) is 3.94. The molecule has 20 heavy (non-hydrogen) atoms. The van der Waals surface area contributed by atoms with Gasteiger partial charge in [0.2, 0.25) is 0 Å². The lowest BCUT2D eigenvalue weighted by atomic mass is 10.1. The molecule has 104 valence electrons. The average Bonchev–Trinajstić information content (AvgIpc) is 2.40. The first-order chi connectivity index (χ1) is 9.41. The lowest BCUT2D eigenvalue weighted by Gasteiger charge is -2.20. The second-order valence-corrected chi connectivity index (χ2v) is 5.94. The van der Waals surface area contributed by atoms with Crippen molar-refractivity contribution in [3.05, 3.63) is 56.7 Å². The molecule has 0 saturated heterocycles. The van der Waals surface area contributed by atoms with E-state index in [-0.39, 0.29) is 10.0 Å². The summed E-state index contributed by atoms with van der Waals surface area (Å²) in [5.41, 5.74) is 6.83. The Balaban J connectivity index is 2.40. The summed E-state index contributed by atoms with van der Waals surface area (Å²) < 4.78 is 15.0. The Morgan fingerprint density at radius 3 is 2.60 bits per heavy atom. The number of benzene rings is 2. The fourth-order valence-corrected chi connectivity index (χ4v) is 2.53. The first kappa shape index (κ1) is 15.0. The van der Waals surface area contributed by atoms with Gasteiger partial charge in [-0.05, 0) is 46.3 Å². The number of anilines is 2. The standard InChI is InChI=1S/C14H11Br2FN2O/c1-19(12-6-5-8(15)7-11(12)18)14(20)9-3-2-4-10(16)13(9)17/h2-7H,18H2,1H3. The van der Waals surface area contributed by atoms with Crippen molar-refractivity contribution < 1.29 is 9.18 Å². The van der Waals surface area contributed by atoms with Crippen LogP contribution in [0.2, 0.25) is 0 Å². The molecule has 1 amide bonds. The van der Waals surface area contributed by atoms with Crippen molar-refractivity contribution >= 4 is 49.1 Å². The van der Waals surface area contributed by atoms with Crippen LogP contribution < -0.4 is 10.6 Å². The van der Waals surface area contributed by atoms with E-state index in [2.05, 4.69) is 31.9 Å². The summed E-state index contributed by atoms with van der Waals surface area (Å²) in [4.78, 5) is 13.7. The summed E-state index contributed by atoms with van der Waals surface area (Å²) in [5.74, 6) is -1.04. The van der Waals surface area contributed by atoms with Gasteiger partial charge in [0.15, 0.2) is 0 Å². The van der Waals surface area contributed by atoms with Gasteiger partial charge < -0.3 is 10.6 Å². The SMILES string of the molecule is CN(C(=O)c1cccc(Br)c1F)c1ccc(Br)cc1N. The van der Waals surface area contributed by atoms with Crippen LogP contribution in [0.1, 0.15) is 10.4 Å². The zero-order valence-corrected chi connectivity index (χ0v) is 13.7. The number of rotatable bonds is 2. The zero-order chi connectivity index (χ0) is 14.9. The van der Waals surface area contributed by atoms with Crippen molar-refractivity contribution in [2.45, 2.75) is 0 Å². The number of nitrogen functional groups attached to an aromatic ring is 1. The predicted octanol–water partition coefficient (Wildman–Crippen LogP) is 4.21. The number of nitrogens with two attached hydrogens (primary N) is 1. The Morgan fingerprint density at radius 1 is 1.25 bits per heavy atom. The van der Waals surface area contributed by atoms with Crippen LogP contribution in [0.15, 0.2) is 45.3 Å². The molecule has 0 atom stereocenters. The predicted molar refractivity (Wildman–Crippen MR) is 85.4 cm³/mol. The van der Waals surface area contributed by atoms with Crippen molar-refractivity contribution in [2.75, 3.05) is 17.7 Å². The van der Waals surface area contributed by atoms with E-state index < -0.39 is 11.7 Å². The minimum Gasteiger partial charge on any atom is -0.397 e. The van der Waals surface area contributed by atoms with E-state index in [0.717, 1.165) is 4.47 Å². The summed E-state index contributed by atoms with van der Waals surface area (Å²) in [6.07, 6.45) is 0. The number of nitrogens with zero attached hydrogens (tertiary/aromatic N) is 1. The molecule has 0 aliphatic heterocycles. The molecule has 0 fully saturated rings. The molecule has 0 bridgehead atoms. The van der Waals surface area contributed by atoms with Gasteiger partial charge in [-0.15, -0.1) is 0 Å². The van der Waals surface area contributed by atoms with Crippen molar-refractivity contribution in [2.24, 2.45) is 0 Å². The van der Waals surface area contributed by atoms with E-state index in [9.17, 15) is 9.18 Å². The second kappa shape index (κ2) is 5.93. The number of carbonyl (C=O) groups excluding carboxylic acids is 1. The van der Waals surface area contributed by atoms with Crippen LogP contribution in [0.5, 0.6) is 0 Å². The highest BCUT2D eigenvalue weighted by Gasteiger charge is 2.20. The van der Waals surface area contributed by atoms with E-state index in [1.165, 1.54) is 11.0 Å². The zero-order valence-electron chi connectivity index (χ0n) is 10.5. The van der Waals surface area contributed by atoms with Crippen molar-refractivity contribution in [1.82, 2.24) is 0 Å². The Bertz CT molecular complexity index is 676. The van der Waals surface area contributed by atoms with E-state index in [4.69, 9.17) is 5.73 Å². The van der Waals surface area contributed by atoms with Gasteiger partial charge in [0.25, 0.3) is 5.91 Å². The van der Waals surface area contributed by atoms with Crippen molar-refractivity contribution in [3.8, 4) is 0 Å². The van der Waals surface area contributed by atoms with Gasteiger partial charge in [0, 0.05) is 11.5 Å². The Hall–Kier alpha value is -1.40. The van der Waals surface area contributed by atoms with Gasteiger partial charge in [-0.25, -0.2) is 4.39 Å². The third-order valence-electron chi connectivity index (χ3n) is 2.84. The molecule has 0 aromatic heterocycles. The highest BCUT2D eigenvalue weighted by atomic mass is 79.9. The lowest BCUT2D eigenvalue weighted by Crippen LogP contribution is -2.28. The monoisotopic (exact) mass is 400 g/mol. The van der Waals surface area contributed by atoms with Gasteiger partial charge in [0.05, 0.1) is 21.4 Å².